The second kappa shape index (κ2) is 4.63. The van der Waals surface area contributed by atoms with Crippen molar-refractivity contribution >= 4 is 0 Å². The van der Waals surface area contributed by atoms with Crippen LogP contribution in [0.3, 0.4) is 0 Å². The zero-order chi connectivity index (χ0) is 10.6. The summed E-state index contributed by atoms with van der Waals surface area (Å²) in [5.74, 6) is 2.08. The molecule has 2 nitrogen and oxygen atoms in total. The zero-order valence-electron chi connectivity index (χ0n) is 9.12. The SMILES string of the molecule is C#C[C@H]1OC(C)(C)O[C@H]1C/C=C\CC. The van der Waals surface area contributed by atoms with Gasteiger partial charge in [0.25, 0.3) is 0 Å². The van der Waals surface area contributed by atoms with Gasteiger partial charge in [-0.1, -0.05) is 25.0 Å². The first-order chi connectivity index (χ1) is 6.59. The Labute approximate surface area is 86.3 Å². The molecular weight excluding hydrogens is 176 g/mol. The molecule has 0 unspecified atom stereocenters. The van der Waals surface area contributed by atoms with E-state index in [1.165, 1.54) is 0 Å². The molecule has 0 spiro atoms. The van der Waals surface area contributed by atoms with Gasteiger partial charge in [-0.05, 0) is 26.7 Å². The molecule has 0 N–H and O–H groups in total. The molecule has 1 aliphatic rings. The third-order valence-corrected chi connectivity index (χ3v) is 2.12. The van der Waals surface area contributed by atoms with E-state index in [2.05, 4.69) is 25.0 Å². The second-order valence-electron chi connectivity index (χ2n) is 3.88. The van der Waals surface area contributed by atoms with Crippen molar-refractivity contribution < 1.29 is 9.47 Å². The Bertz CT molecular complexity index is 248. The van der Waals surface area contributed by atoms with Gasteiger partial charge in [0.15, 0.2) is 5.79 Å². The molecule has 0 aromatic rings. The van der Waals surface area contributed by atoms with Gasteiger partial charge in [-0.3, -0.25) is 0 Å². The predicted molar refractivity (Wildman–Crippen MR) is 56.7 cm³/mol. The summed E-state index contributed by atoms with van der Waals surface area (Å²) in [6.45, 7) is 5.88. The lowest BCUT2D eigenvalue weighted by molar-refractivity contribution is -0.142. The quantitative estimate of drug-likeness (QED) is 0.507. The third kappa shape index (κ3) is 2.87. The Morgan fingerprint density at radius 1 is 1.36 bits per heavy atom. The Kier molecular flexibility index (Phi) is 3.74. The summed E-state index contributed by atoms with van der Waals surface area (Å²) in [5, 5.41) is 0. The lowest BCUT2D eigenvalue weighted by atomic mass is 10.1. The van der Waals surface area contributed by atoms with Crippen LogP contribution in [0, 0.1) is 12.3 Å². The van der Waals surface area contributed by atoms with Crippen LogP contribution >= 0.6 is 0 Å². The van der Waals surface area contributed by atoms with Gasteiger partial charge in [-0.15, -0.1) is 6.42 Å². The maximum Gasteiger partial charge on any atom is 0.165 e. The molecule has 0 saturated carbocycles. The van der Waals surface area contributed by atoms with Crippen molar-refractivity contribution in [1.29, 1.82) is 0 Å². The highest BCUT2D eigenvalue weighted by atomic mass is 16.7. The predicted octanol–water partition coefficient (Wildman–Crippen LogP) is 2.50. The number of rotatable bonds is 3. The summed E-state index contributed by atoms with van der Waals surface area (Å²) in [4.78, 5) is 0. The van der Waals surface area contributed by atoms with E-state index in [4.69, 9.17) is 15.9 Å². The molecule has 1 fully saturated rings. The molecule has 0 amide bonds. The fourth-order valence-electron chi connectivity index (χ4n) is 1.55. The van der Waals surface area contributed by atoms with Crippen LogP contribution in [0.5, 0.6) is 0 Å². The maximum atomic E-state index is 5.68. The minimum atomic E-state index is -0.540. The van der Waals surface area contributed by atoms with Crippen LogP contribution in [0.25, 0.3) is 0 Å². The van der Waals surface area contributed by atoms with Gasteiger partial charge in [0.05, 0.1) is 0 Å². The van der Waals surface area contributed by atoms with Crippen molar-refractivity contribution in [3.8, 4) is 12.3 Å². The molecule has 0 bridgehead atoms. The van der Waals surface area contributed by atoms with Crippen molar-refractivity contribution in [3.05, 3.63) is 12.2 Å². The van der Waals surface area contributed by atoms with E-state index in [-0.39, 0.29) is 12.2 Å². The molecule has 1 rings (SSSR count). The minimum Gasteiger partial charge on any atom is -0.343 e. The maximum absolute atomic E-state index is 5.68. The van der Waals surface area contributed by atoms with Crippen LogP contribution in [0.15, 0.2) is 12.2 Å². The molecule has 0 aromatic heterocycles. The second-order valence-corrected chi connectivity index (χ2v) is 3.88. The van der Waals surface area contributed by atoms with Crippen molar-refractivity contribution in [2.45, 2.75) is 51.6 Å². The molecule has 0 aliphatic carbocycles. The number of allylic oxidation sites excluding steroid dienone is 1. The molecule has 2 atom stereocenters. The molecular formula is C12H18O2. The van der Waals surface area contributed by atoms with Crippen LogP contribution in [-0.2, 0) is 9.47 Å². The highest BCUT2D eigenvalue weighted by Gasteiger charge is 2.39. The van der Waals surface area contributed by atoms with Crippen LogP contribution in [0.4, 0.5) is 0 Å². The van der Waals surface area contributed by atoms with Gasteiger partial charge in [-0.2, -0.15) is 0 Å². The molecule has 0 radical (unpaired) electrons. The molecule has 2 heteroatoms. The average Bonchev–Trinajstić information content (AvgIpc) is 2.41. The van der Waals surface area contributed by atoms with E-state index in [9.17, 15) is 0 Å². The van der Waals surface area contributed by atoms with Crippen molar-refractivity contribution in [3.63, 3.8) is 0 Å². The number of terminal acetylenes is 1. The Hall–Kier alpha value is -0.780. The summed E-state index contributed by atoms with van der Waals surface area (Å²) < 4.78 is 11.2. The van der Waals surface area contributed by atoms with Crippen LogP contribution < -0.4 is 0 Å². The monoisotopic (exact) mass is 194 g/mol. The normalized spacial score (nSPS) is 30.7. The van der Waals surface area contributed by atoms with E-state index in [1.54, 1.807) is 0 Å². The van der Waals surface area contributed by atoms with Gasteiger partial charge in [0.2, 0.25) is 0 Å². The number of ether oxygens (including phenoxy) is 2. The highest BCUT2D eigenvalue weighted by Crippen LogP contribution is 2.29. The fourth-order valence-corrected chi connectivity index (χ4v) is 1.55. The summed E-state index contributed by atoms with van der Waals surface area (Å²) >= 11 is 0. The van der Waals surface area contributed by atoms with Crippen LogP contribution in [0.1, 0.15) is 33.6 Å². The first kappa shape index (κ1) is 11.3. The van der Waals surface area contributed by atoms with E-state index >= 15 is 0 Å². The first-order valence-electron chi connectivity index (χ1n) is 5.06. The summed E-state index contributed by atoms with van der Waals surface area (Å²) in [6, 6.07) is 0. The molecule has 14 heavy (non-hydrogen) atoms. The highest BCUT2D eigenvalue weighted by molar-refractivity contribution is 5.05. The Morgan fingerprint density at radius 2 is 2.07 bits per heavy atom. The van der Waals surface area contributed by atoms with Crippen LogP contribution in [-0.4, -0.2) is 18.0 Å². The third-order valence-electron chi connectivity index (χ3n) is 2.12. The van der Waals surface area contributed by atoms with Gasteiger partial charge in [0, 0.05) is 0 Å². The number of hydrogen-bond acceptors (Lipinski definition) is 2. The smallest absolute Gasteiger partial charge is 0.165 e. The van der Waals surface area contributed by atoms with Gasteiger partial charge in [-0.25, -0.2) is 0 Å². The molecule has 1 heterocycles. The minimum absolute atomic E-state index is 0.00204. The molecule has 78 valence electrons. The first-order valence-corrected chi connectivity index (χ1v) is 5.06. The molecule has 1 saturated heterocycles. The summed E-state index contributed by atoms with van der Waals surface area (Å²) in [5.41, 5.74) is 0. The Balaban J connectivity index is 2.52. The zero-order valence-corrected chi connectivity index (χ0v) is 9.12. The lowest BCUT2D eigenvalue weighted by Gasteiger charge is -2.15. The lowest BCUT2D eigenvalue weighted by Crippen LogP contribution is -2.21. The topological polar surface area (TPSA) is 18.5 Å². The standard InChI is InChI=1S/C12H18O2/c1-5-7-8-9-11-10(6-2)13-12(3,4)14-11/h2,7-8,10-11H,5,9H2,1,3-4H3/b8-7-/t10-,11+/m1/s1. The molecule has 1 aliphatic heterocycles. The van der Waals surface area contributed by atoms with E-state index in [0.717, 1.165) is 12.8 Å². The average molecular weight is 194 g/mol. The van der Waals surface area contributed by atoms with E-state index in [0.29, 0.717) is 0 Å². The Morgan fingerprint density at radius 3 is 2.64 bits per heavy atom. The van der Waals surface area contributed by atoms with E-state index < -0.39 is 5.79 Å². The van der Waals surface area contributed by atoms with Crippen molar-refractivity contribution in [2.75, 3.05) is 0 Å². The van der Waals surface area contributed by atoms with Crippen molar-refractivity contribution in [1.82, 2.24) is 0 Å². The largest absolute Gasteiger partial charge is 0.343 e. The molecule has 0 aromatic carbocycles. The van der Waals surface area contributed by atoms with Gasteiger partial charge < -0.3 is 9.47 Å². The van der Waals surface area contributed by atoms with E-state index in [1.807, 2.05) is 13.8 Å². The van der Waals surface area contributed by atoms with Gasteiger partial charge >= 0.3 is 0 Å². The summed E-state index contributed by atoms with van der Waals surface area (Å²) in [7, 11) is 0. The van der Waals surface area contributed by atoms with Crippen molar-refractivity contribution in [2.24, 2.45) is 0 Å². The fraction of sp³-hybridized carbons (Fsp3) is 0.667. The van der Waals surface area contributed by atoms with Gasteiger partial charge in [0.1, 0.15) is 12.2 Å². The number of hydrogen-bond donors (Lipinski definition) is 0. The summed E-state index contributed by atoms with van der Waals surface area (Å²) in [6.07, 6.45) is 11.2. The van der Waals surface area contributed by atoms with Crippen LogP contribution in [0.2, 0.25) is 0 Å².